The van der Waals surface area contributed by atoms with Crippen molar-refractivity contribution in [2.45, 2.75) is 43.8 Å². The molecular formula is C15H20F3N3O4S. The molecule has 1 amide bonds. The number of thiazole rings is 1. The van der Waals surface area contributed by atoms with Gasteiger partial charge in [0.2, 0.25) is 5.91 Å². The van der Waals surface area contributed by atoms with Crippen molar-refractivity contribution in [3.63, 3.8) is 0 Å². The molecule has 0 unspecified atom stereocenters. The molecule has 11 heteroatoms. The summed E-state index contributed by atoms with van der Waals surface area (Å²) < 4.78 is 37.1. The number of carbonyl (C=O) groups is 2. The van der Waals surface area contributed by atoms with Crippen molar-refractivity contribution in [3.05, 3.63) is 11.1 Å². The summed E-state index contributed by atoms with van der Waals surface area (Å²) in [6.07, 6.45) is 0.497. The second kappa shape index (κ2) is 8.78. The molecule has 2 aliphatic rings. The number of halogens is 3. The average molecular weight is 395 g/mol. The van der Waals surface area contributed by atoms with E-state index in [9.17, 15) is 18.0 Å². The number of nitrogens with two attached hydrogens (primary N) is 1. The summed E-state index contributed by atoms with van der Waals surface area (Å²) in [4.78, 5) is 26.4. The lowest BCUT2D eigenvalue weighted by molar-refractivity contribution is -0.192. The van der Waals surface area contributed by atoms with Crippen LogP contribution < -0.4 is 11.1 Å². The number of anilines is 1. The smallest absolute Gasteiger partial charge is 0.475 e. The third-order valence-corrected chi connectivity index (χ3v) is 5.24. The first-order valence-corrected chi connectivity index (χ1v) is 8.88. The maximum Gasteiger partial charge on any atom is 0.490 e. The highest BCUT2D eigenvalue weighted by molar-refractivity contribution is 7.15. The number of ether oxygens (including phenoxy) is 1. The molecule has 4 N–H and O–H groups in total. The number of carboxylic acids is 1. The van der Waals surface area contributed by atoms with Crippen LogP contribution in [0, 0.1) is 5.92 Å². The fourth-order valence-electron chi connectivity index (χ4n) is 2.60. The van der Waals surface area contributed by atoms with Crippen molar-refractivity contribution in [3.8, 4) is 0 Å². The maximum atomic E-state index is 11.9. The summed E-state index contributed by atoms with van der Waals surface area (Å²) in [5.41, 5.74) is 5.70. The van der Waals surface area contributed by atoms with Crippen LogP contribution in [-0.4, -0.2) is 47.4 Å². The number of amides is 1. The van der Waals surface area contributed by atoms with Crippen molar-refractivity contribution in [1.82, 2.24) is 4.98 Å². The zero-order valence-corrected chi connectivity index (χ0v) is 14.6. The predicted molar refractivity (Wildman–Crippen MR) is 87.9 cm³/mol. The molecule has 0 aromatic carbocycles. The monoisotopic (exact) mass is 395 g/mol. The van der Waals surface area contributed by atoms with Crippen LogP contribution in [0.4, 0.5) is 18.3 Å². The van der Waals surface area contributed by atoms with Crippen molar-refractivity contribution >= 4 is 28.3 Å². The molecule has 1 aliphatic heterocycles. The second-order valence-corrected chi connectivity index (χ2v) is 7.24. The minimum Gasteiger partial charge on any atom is -0.475 e. The molecule has 1 aliphatic carbocycles. The predicted octanol–water partition coefficient (Wildman–Crippen LogP) is 2.35. The van der Waals surface area contributed by atoms with E-state index in [1.807, 2.05) is 6.20 Å². The quantitative estimate of drug-likeness (QED) is 0.724. The molecule has 26 heavy (non-hydrogen) atoms. The van der Waals surface area contributed by atoms with E-state index in [0.29, 0.717) is 11.0 Å². The Bertz CT molecular complexity index is 626. The van der Waals surface area contributed by atoms with E-state index in [-0.39, 0.29) is 17.9 Å². The molecule has 1 aromatic heterocycles. The zero-order valence-electron chi connectivity index (χ0n) is 13.8. The first-order chi connectivity index (χ1) is 12.2. The van der Waals surface area contributed by atoms with Gasteiger partial charge in [-0.2, -0.15) is 13.2 Å². The van der Waals surface area contributed by atoms with Gasteiger partial charge in [0.25, 0.3) is 0 Å². The van der Waals surface area contributed by atoms with E-state index in [2.05, 4.69) is 10.3 Å². The molecule has 7 nitrogen and oxygen atoms in total. The minimum absolute atomic E-state index is 0.0644. The SMILES string of the molecule is NC1CC(C(=O)Nc2ncc(C3CCOCC3)s2)C1.O=C(O)C(F)(F)F. The van der Waals surface area contributed by atoms with Gasteiger partial charge in [-0.1, -0.05) is 0 Å². The highest BCUT2D eigenvalue weighted by atomic mass is 32.1. The molecule has 2 fully saturated rings. The number of aromatic nitrogens is 1. The van der Waals surface area contributed by atoms with Gasteiger partial charge in [0.05, 0.1) is 0 Å². The molecule has 1 aromatic rings. The van der Waals surface area contributed by atoms with Crippen LogP contribution in [-0.2, 0) is 14.3 Å². The average Bonchev–Trinajstić information content (AvgIpc) is 3.01. The Morgan fingerprint density at radius 3 is 2.38 bits per heavy atom. The number of carbonyl (C=O) groups excluding carboxylic acids is 1. The van der Waals surface area contributed by atoms with Gasteiger partial charge >= 0.3 is 12.1 Å². The van der Waals surface area contributed by atoms with Gasteiger partial charge in [0, 0.05) is 36.2 Å². The van der Waals surface area contributed by atoms with Gasteiger partial charge < -0.3 is 20.9 Å². The Kier molecular flexibility index (Phi) is 6.95. The molecule has 1 saturated carbocycles. The Morgan fingerprint density at radius 2 is 1.88 bits per heavy atom. The van der Waals surface area contributed by atoms with Gasteiger partial charge in [-0.3, -0.25) is 4.79 Å². The van der Waals surface area contributed by atoms with Gasteiger partial charge in [-0.15, -0.1) is 11.3 Å². The first-order valence-electron chi connectivity index (χ1n) is 8.07. The van der Waals surface area contributed by atoms with E-state index < -0.39 is 12.1 Å². The Balaban J connectivity index is 0.000000298. The fraction of sp³-hybridized carbons (Fsp3) is 0.667. The summed E-state index contributed by atoms with van der Waals surface area (Å²) in [5, 5.41) is 10.7. The Morgan fingerprint density at radius 1 is 1.31 bits per heavy atom. The van der Waals surface area contributed by atoms with Crippen LogP contribution in [0.25, 0.3) is 0 Å². The lowest BCUT2D eigenvalue weighted by Gasteiger charge is -2.30. The van der Waals surface area contributed by atoms with E-state index in [0.717, 1.165) is 38.9 Å². The Labute approximate surface area is 151 Å². The summed E-state index contributed by atoms with van der Waals surface area (Å²) in [6.45, 7) is 1.65. The number of hydrogen-bond donors (Lipinski definition) is 3. The van der Waals surface area contributed by atoms with E-state index >= 15 is 0 Å². The van der Waals surface area contributed by atoms with Gasteiger partial charge in [-0.25, -0.2) is 9.78 Å². The molecule has 0 radical (unpaired) electrons. The summed E-state index contributed by atoms with van der Waals surface area (Å²) >= 11 is 1.59. The van der Waals surface area contributed by atoms with Crippen LogP contribution in [0.3, 0.4) is 0 Å². The van der Waals surface area contributed by atoms with Gasteiger partial charge in [0.1, 0.15) is 0 Å². The van der Waals surface area contributed by atoms with Crippen molar-refractivity contribution in [2.24, 2.45) is 11.7 Å². The number of hydrogen-bond acceptors (Lipinski definition) is 6. The Hall–Kier alpha value is -1.72. The molecule has 3 rings (SSSR count). The molecule has 2 heterocycles. The number of nitrogens with one attached hydrogen (secondary N) is 1. The third-order valence-electron chi connectivity index (χ3n) is 4.17. The number of nitrogens with zero attached hydrogens (tertiary/aromatic N) is 1. The molecule has 1 saturated heterocycles. The number of alkyl halides is 3. The maximum absolute atomic E-state index is 11.9. The summed E-state index contributed by atoms with van der Waals surface area (Å²) in [6, 6.07) is 0.199. The van der Waals surface area contributed by atoms with Crippen LogP contribution in [0.15, 0.2) is 6.20 Å². The van der Waals surface area contributed by atoms with Crippen molar-refractivity contribution in [2.75, 3.05) is 18.5 Å². The number of carboxylic acid groups (broad SMARTS) is 1. The minimum atomic E-state index is -5.08. The van der Waals surface area contributed by atoms with Crippen LogP contribution in [0.1, 0.15) is 36.5 Å². The van der Waals surface area contributed by atoms with Crippen LogP contribution in [0.5, 0.6) is 0 Å². The normalized spacial score (nSPS) is 23.4. The molecule has 0 spiro atoms. The third kappa shape index (κ3) is 5.92. The standard InChI is InChI=1S/C13H19N3O2S.C2HF3O2/c14-10-5-9(6-10)12(17)16-13-15-7-11(19-13)8-1-3-18-4-2-8;3-2(4,5)1(6)7/h7-10H,1-6,14H2,(H,15,16,17);(H,6,7). The van der Waals surface area contributed by atoms with E-state index in [1.54, 1.807) is 11.3 Å². The van der Waals surface area contributed by atoms with Gasteiger partial charge in [0.15, 0.2) is 5.13 Å². The second-order valence-electron chi connectivity index (χ2n) is 6.17. The molecular weight excluding hydrogens is 375 g/mol. The zero-order chi connectivity index (χ0) is 19.3. The topological polar surface area (TPSA) is 115 Å². The van der Waals surface area contributed by atoms with E-state index in [1.165, 1.54) is 4.88 Å². The molecule has 0 bridgehead atoms. The first kappa shape index (κ1) is 20.6. The van der Waals surface area contributed by atoms with Crippen molar-refractivity contribution < 1.29 is 32.6 Å². The fourth-order valence-corrected chi connectivity index (χ4v) is 3.59. The van der Waals surface area contributed by atoms with Crippen LogP contribution in [0.2, 0.25) is 0 Å². The summed E-state index contributed by atoms with van der Waals surface area (Å²) in [7, 11) is 0. The molecule has 146 valence electrons. The van der Waals surface area contributed by atoms with Crippen LogP contribution >= 0.6 is 11.3 Å². The summed E-state index contributed by atoms with van der Waals surface area (Å²) in [5.74, 6) is -2.08. The number of rotatable bonds is 3. The highest BCUT2D eigenvalue weighted by Crippen LogP contribution is 2.33. The highest BCUT2D eigenvalue weighted by Gasteiger charge is 2.38. The molecule has 0 atom stereocenters. The van der Waals surface area contributed by atoms with E-state index in [4.69, 9.17) is 20.4 Å². The van der Waals surface area contributed by atoms with Crippen molar-refractivity contribution in [1.29, 1.82) is 0 Å². The largest absolute Gasteiger partial charge is 0.490 e. The lowest BCUT2D eigenvalue weighted by atomic mass is 9.80. The lowest BCUT2D eigenvalue weighted by Crippen LogP contribution is -2.42. The number of aliphatic carboxylic acids is 1. The van der Waals surface area contributed by atoms with Gasteiger partial charge in [-0.05, 0) is 31.6 Å².